The van der Waals surface area contributed by atoms with E-state index in [0.717, 1.165) is 16.3 Å². The molecule has 0 bridgehead atoms. The lowest BCUT2D eigenvalue weighted by Crippen LogP contribution is -2.23. The number of thiophene rings is 1. The average Bonchev–Trinajstić information content (AvgIpc) is 2.92. The molecule has 2 aromatic rings. The van der Waals surface area contributed by atoms with Gasteiger partial charge in [-0.25, -0.2) is 0 Å². The van der Waals surface area contributed by atoms with Gasteiger partial charge in [-0.05, 0) is 12.1 Å². The molecule has 0 saturated carbocycles. The predicted octanol–water partition coefficient (Wildman–Crippen LogP) is 3.08. The van der Waals surface area contributed by atoms with E-state index in [4.69, 9.17) is 5.73 Å². The van der Waals surface area contributed by atoms with Crippen molar-refractivity contribution in [3.05, 3.63) is 52.5 Å². The van der Waals surface area contributed by atoms with Crippen molar-refractivity contribution in [3.8, 4) is 0 Å². The zero-order valence-corrected chi connectivity index (χ0v) is 15.1. The van der Waals surface area contributed by atoms with Crippen LogP contribution in [0.25, 0.3) is 0 Å². The fourth-order valence-electron chi connectivity index (χ4n) is 2.77. The van der Waals surface area contributed by atoms with Crippen molar-refractivity contribution in [2.24, 2.45) is 0 Å². The van der Waals surface area contributed by atoms with Gasteiger partial charge in [0.15, 0.2) is 0 Å². The second kappa shape index (κ2) is 6.60. The van der Waals surface area contributed by atoms with Crippen molar-refractivity contribution >= 4 is 39.5 Å². The third kappa shape index (κ3) is 3.10. The molecule has 1 unspecified atom stereocenters. The van der Waals surface area contributed by atoms with Gasteiger partial charge in [-0.1, -0.05) is 25.1 Å². The van der Waals surface area contributed by atoms with E-state index in [9.17, 15) is 9.59 Å². The van der Waals surface area contributed by atoms with Crippen LogP contribution in [0, 0.1) is 0 Å². The Hall–Kier alpha value is -2.80. The topological polar surface area (TPSA) is 87.5 Å². The molecule has 1 aliphatic rings. The first-order valence-electron chi connectivity index (χ1n) is 7.87. The van der Waals surface area contributed by atoms with E-state index < -0.39 is 0 Å². The van der Waals surface area contributed by atoms with Gasteiger partial charge in [-0.2, -0.15) is 0 Å². The Morgan fingerprint density at radius 3 is 2.56 bits per heavy atom. The lowest BCUT2D eigenvalue weighted by atomic mass is 9.90. The Morgan fingerprint density at radius 1 is 1.24 bits per heavy atom. The standard InChI is InChI=1S/C18H20N4O2S/c1-10-12(16(23)21-11-7-5-4-6-8-11)9-20-17-13(10)14(19)15(25-17)18(24)22(2)3/h4-10,20H,19H2,1-3H3,(H,21,23). The summed E-state index contributed by atoms with van der Waals surface area (Å²) in [5.41, 5.74) is 8.78. The number of rotatable bonds is 3. The zero-order chi connectivity index (χ0) is 18.1. The van der Waals surface area contributed by atoms with Gasteiger partial charge in [-0.15, -0.1) is 11.3 Å². The molecule has 6 nitrogen and oxygen atoms in total. The minimum absolute atomic E-state index is 0.138. The van der Waals surface area contributed by atoms with E-state index in [1.165, 1.54) is 16.2 Å². The molecule has 2 amide bonds. The van der Waals surface area contributed by atoms with Crippen molar-refractivity contribution in [1.82, 2.24) is 4.90 Å². The third-order valence-electron chi connectivity index (χ3n) is 4.14. The van der Waals surface area contributed by atoms with Gasteiger partial charge < -0.3 is 21.3 Å². The van der Waals surface area contributed by atoms with Gasteiger partial charge >= 0.3 is 0 Å². The Labute approximate surface area is 150 Å². The monoisotopic (exact) mass is 356 g/mol. The van der Waals surface area contributed by atoms with E-state index >= 15 is 0 Å². The fraction of sp³-hybridized carbons (Fsp3) is 0.222. The highest BCUT2D eigenvalue weighted by atomic mass is 32.1. The number of carbonyl (C=O) groups is 2. The van der Waals surface area contributed by atoms with Crippen molar-refractivity contribution in [2.45, 2.75) is 12.8 Å². The normalized spacial score (nSPS) is 15.6. The minimum Gasteiger partial charge on any atom is -0.397 e. The number of nitrogens with one attached hydrogen (secondary N) is 2. The lowest BCUT2D eigenvalue weighted by Gasteiger charge is -2.22. The van der Waals surface area contributed by atoms with Crippen LogP contribution in [0.15, 0.2) is 42.1 Å². The zero-order valence-electron chi connectivity index (χ0n) is 14.3. The molecule has 25 heavy (non-hydrogen) atoms. The summed E-state index contributed by atoms with van der Waals surface area (Å²) in [7, 11) is 3.38. The summed E-state index contributed by atoms with van der Waals surface area (Å²) in [6.07, 6.45) is 1.69. The maximum atomic E-state index is 12.6. The minimum atomic E-state index is -0.208. The van der Waals surface area contributed by atoms with Gasteiger partial charge in [0.2, 0.25) is 0 Å². The third-order valence-corrected chi connectivity index (χ3v) is 5.28. The Morgan fingerprint density at radius 2 is 1.92 bits per heavy atom. The number of amides is 2. The second-order valence-corrected chi connectivity index (χ2v) is 7.09. The summed E-state index contributed by atoms with van der Waals surface area (Å²) in [4.78, 5) is 26.9. The molecule has 0 fully saturated rings. The number of anilines is 3. The summed E-state index contributed by atoms with van der Waals surface area (Å²) in [5.74, 6) is -0.538. The molecule has 130 valence electrons. The molecule has 7 heteroatoms. The number of hydrogen-bond donors (Lipinski definition) is 3. The van der Waals surface area contributed by atoms with Crippen LogP contribution in [-0.2, 0) is 4.79 Å². The highest BCUT2D eigenvalue weighted by molar-refractivity contribution is 7.18. The van der Waals surface area contributed by atoms with Crippen LogP contribution in [0.2, 0.25) is 0 Å². The maximum Gasteiger partial charge on any atom is 0.265 e. The fourth-order valence-corrected chi connectivity index (χ4v) is 3.97. The van der Waals surface area contributed by atoms with E-state index in [0.29, 0.717) is 16.1 Å². The molecule has 0 radical (unpaired) electrons. The molecule has 0 aliphatic carbocycles. The number of hydrogen-bond acceptors (Lipinski definition) is 5. The molecule has 3 rings (SSSR count). The maximum absolute atomic E-state index is 12.6. The average molecular weight is 356 g/mol. The lowest BCUT2D eigenvalue weighted by molar-refractivity contribution is -0.113. The Balaban J connectivity index is 1.87. The predicted molar refractivity (Wildman–Crippen MR) is 102 cm³/mol. The van der Waals surface area contributed by atoms with Crippen molar-refractivity contribution in [3.63, 3.8) is 0 Å². The largest absolute Gasteiger partial charge is 0.397 e. The van der Waals surface area contributed by atoms with E-state index in [1.54, 1.807) is 20.3 Å². The molecule has 0 spiro atoms. The molecule has 1 atom stereocenters. The van der Waals surface area contributed by atoms with E-state index in [2.05, 4.69) is 10.6 Å². The first-order valence-corrected chi connectivity index (χ1v) is 8.68. The first-order chi connectivity index (χ1) is 11.9. The van der Waals surface area contributed by atoms with Crippen molar-refractivity contribution in [2.75, 3.05) is 30.5 Å². The van der Waals surface area contributed by atoms with Gasteiger partial charge in [0, 0.05) is 43.0 Å². The number of nitrogens with zero attached hydrogens (tertiary/aromatic N) is 1. The summed E-state index contributed by atoms with van der Waals surface area (Å²) in [6, 6.07) is 9.28. The van der Waals surface area contributed by atoms with Crippen LogP contribution >= 0.6 is 11.3 Å². The number of para-hydroxylation sites is 1. The molecule has 0 saturated heterocycles. The van der Waals surface area contributed by atoms with Crippen LogP contribution < -0.4 is 16.4 Å². The summed E-state index contributed by atoms with van der Waals surface area (Å²) >= 11 is 1.32. The number of nitrogen functional groups attached to an aromatic ring is 1. The van der Waals surface area contributed by atoms with E-state index in [-0.39, 0.29) is 17.7 Å². The van der Waals surface area contributed by atoms with Crippen LogP contribution in [-0.4, -0.2) is 30.8 Å². The Kier molecular flexibility index (Phi) is 4.50. The molecular weight excluding hydrogens is 336 g/mol. The van der Waals surface area contributed by atoms with Gasteiger partial charge in [0.1, 0.15) is 4.88 Å². The summed E-state index contributed by atoms with van der Waals surface area (Å²) < 4.78 is 0. The van der Waals surface area contributed by atoms with E-state index in [1.807, 2.05) is 37.3 Å². The highest BCUT2D eigenvalue weighted by Gasteiger charge is 2.31. The highest BCUT2D eigenvalue weighted by Crippen LogP contribution is 2.45. The number of carbonyl (C=O) groups excluding carboxylic acids is 2. The van der Waals surface area contributed by atoms with Gasteiger partial charge in [0.25, 0.3) is 11.8 Å². The van der Waals surface area contributed by atoms with Crippen molar-refractivity contribution < 1.29 is 9.59 Å². The number of nitrogens with two attached hydrogens (primary N) is 1. The van der Waals surface area contributed by atoms with Crippen LogP contribution in [0.5, 0.6) is 0 Å². The van der Waals surface area contributed by atoms with Crippen LogP contribution in [0.4, 0.5) is 16.4 Å². The first kappa shape index (κ1) is 17.0. The quantitative estimate of drug-likeness (QED) is 0.789. The van der Waals surface area contributed by atoms with Crippen LogP contribution in [0.1, 0.15) is 28.1 Å². The summed E-state index contributed by atoms with van der Waals surface area (Å²) in [6.45, 7) is 1.92. The molecular formula is C18H20N4O2S. The van der Waals surface area contributed by atoms with Crippen molar-refractivity contribution in [1.29, 1.82) is 0 Å². The van der Waals surface area contributed by atoms with Crippen LogP contribution in [0.3, 0.4) is 0 Å². The number of fused-ring (bicyclic) bond motifs is 1. The molecule has 1 aromatic carbocycles. The molecule has 1 aliphatic heterocycles. The van der Waals surface area contributed by atoms with Gasteiger partial charge in [0.05, 0.1) is 10.7 Å². The molecule has 1 aromatic heterocycles. The number of benzene rings is 1. The molecule has 2 heterocycles. The smallest absolute Gasteiger partial charge is 0.265 e. The van der Waals surface area contributed by atoms with Gasteiger partial charge in [-0.3, -0.25) is 9.59 Å². The second-order valence-electron chi connectivity index (χ2n) is 6.07. The summed E-state index contributed by atoms with van der Waals surface area (Å²) in [5, 5.41) is 6.80. The SMILES string of the molecule is CC1C(C(=O)Nc2ccccc2)=CNc2sc(C(=O)N(C)C)c(N)c21. The Bertz CT molecular complexity index is 855. The molecule has 4 N–H and O–H groups in total.